The lowest BCUT2D eigenvalue weighted by molar-refractivity contribution is -0.384. The summed E-state index contributed by atoms with van der Waals surface area (Å²) in [6, 6.07) is 9.03. The van der Waals surface area contributed by atoms with Gasteiger partial charge < -0.3 is 10.1 Å². The van der Waals surface area contributed by atoms with Crippen molar-refractivity contribution in [3.05, 3.63) is 64.0 Å². The van der Waals surface area contributed by atoms with Crippen molar-refractivity contribution in [1.82, 2.24) is 20.2 Å². The van der Waals surface area contributed by atoms with Crippen molar-refractivity contribution in [2.45, 2.75) is 6.92 Å². The third-order valence-corrected chi connectivity index (χ3v) is 3.69. The molecule has 0 unspecified atom stereocenters. The van der Waals surface area contributed by atoms with Crippen LogP contribution in [0.25, 0.3) is 5.69 Å². The van der Waals surface area contributed by atoms with Crippen LogP contribution in [-0.4, -0.2) is 38.1 Å². The number of hydrogen-bond acceptors (Lipinski definition) is 7. The Morgan fingerprint density at radius 2 is 2.08 bits per heavy atom. The molecule has 1 amide bonds. The maximum absolute atomic E-state index is 12.5. The summed E-state index contributed by atoms with van der Waals surface area (Å²) in [6.45, 7) is 1.85. The number of nitro groups is 1. The van der Waals surface area contributed by atoms with Crippen LogP contribution in [0.3, 0.4) is 0 Å². The molecule has 0 fully saturated rings. The number of rotatable bonds is 5. The van der Waals surface area contributed by atoms with Crippen LogP contribution in [0.5, 0.6) is 5.75 Å². The number of aryl methyl sites for hydroxylation is 1. The minimum atomic E-state index is -0.568. The fraction of sp³-hybridized carbons (Fsp3) is 0.125. The van der Waals surface area contributed by atoms with Gasteiger partial charge in [0.1, 0.15) is 12.1 Å². The fourth-order valence-corrected chi connectivity index (χ4v) is 2.45. The highest BCUT2D eigenvalue weighted by atomic mass is 16.6. The molecule has 132 valence electrons. The first-order valence-corrected chi connectivity index (χ1v) is 7.47. The summed E-state index contributed by atoms with van der Waals surface area (Å²) in [4.78, 5) is 22.9. The Labute approximate surface area is 147 Å². The molecule has 0 bridgehead atoms. The van der Waals surface area contributed by atoms with Gasteiger partial charge in [-0.2, -0.15) is 0 Å². The number of carbonyl (C=O) groups excluding carboxylic acids is 1. The molecule has 0 atom stereocenters. The summed E-state index contributed by atoms with van der Waals surface area (Å²) in [5, 5.41) is 24.6. The molecule has 1 N–H and O–H groups in total. The molecule has 1 aromatic heterocycles. The maximum Gasteiger partial charge on any atom is 0.270 e. The molecule has 1 heterocycles. The van der Waals surface area contributed by atoms with Gasteiger partial charge in [0, 0.05) is 17.8 Å². The molecule has 3 rings (SSSR count). The summed E-state index contributed by atoms with van der Waals surface area (Å²) in [5.74, 6) is -0.268. The topological polar surface area (TPSA) is 125 Å². The van der Waals surface area contributed by atoms with Crippen molar-refractivity contribution in [1.29, 1.82) is 0 Å². The zero-order valence-electron chi connectivity index (χ0n) is 13.9. The molecule has 0 spiro atoms. The monoisotopic (exact) mass is 354 g/mol. The summed E-state index contributed by atoms with van der Waals surface area (Å²) < 4.78 is 6.63. The summed E-state index contributed by atoms with van der Waals surface area (Å²) in [7, 11) is 1.39. The van der Waals surface area contributed by atoms with E-state index in [1.54, 1.807) is 18.2 Å². The Hall–Kier alpha value is -3.82. The van der Waals surface area contributed by atoms with E-state index in [2.05, 4.69) is 20.8 Å². The summed E-state index contributed by atoms with van der Waals surface area (Å²) in [5.41, 5.74) is 2.00. The summed E-state index contributed by atoms with van der Waals surface area (Å²) >= 11 is 0. The number of anilines is 1. The predicted molar refractivity (Wildman–Crippen MR) is 91.5 cm³/mol. The first-order chi connectivity index (χ1) is 12.5. The Morgan fingerprint density at radius 3 is 2.69 bits per heavy atom. The molecule has 0 aliphatic heterocycles. The minimum Gasteiger partial charge on any atom is -0.496 e. The van der Waals surface area contributed by atoms with Crippen LogP contribution >= 0.6 is 0 Å². The lowest BCUT2D eigenvalue weighted by atomic mass is 10.1. The largest absolute Gasteiger partial charge is 0.496 e. The van der Waals surface area contributed by atoms with E-state index in [-0.39, 0.29) is 17.0 Å². The Balaban J connectivity index is 1.87. The molecule has 0 radical (unpaired) electrons. The van der Waals surface area contributed by atoms with Gasteiger partial charge in [0.15, 0.2) is 0 Å². The summed E-state index contributed by atoms with van der Waals surface area (Å²) in [6.07, 6.45) is 1.47. The van der Waals surface area contributed by atoms with Crippen molar-refractivity contribution < 1.29 is 14.5 Å². The van der Waals surface area contributed by atoms with Crippen LogP contribution in [-0.2, 0) is 0 Å². The van der Waals surface area contributed by atoms with Gasteiger partial charge in [-0.1, -0.05) is 0 Å². The highest BCUT2D eigenvalue weighted by Crippen LogP contribution is 2.25. The lowest BCUT2D eigenvalue weighted by Gasteiger charge is -2.11. The number of carbonyl (C=O) groups is 1. The number of non-ortho nitro benzene ring substituents is 1. The third kappa shape index (κ3) is 3.34. The Bertz CT molecular complexity index is 971. The average molecular weight is 354 g/mol. The standard InChI is InChI=1S/C16H14N6O4/c1-10-7-11(3-5-14(10)21-9-17-19-20-21)18-16(23)13-8-12(22(24)25)4-6-15(13)26-2/h3-9H,1-2H3,(H,18,23). The van der Waals surface area contributed by atoms with Crippen LogP contribution in [0.2, 0.25) is 0 Å². The number of methoxy groups -OCH3 is 1. The van der Waals surface area contributed by atoms with Crippen molar-refractivity contribution in [2.75, 3.05) is 12.4 Å². The van der Waals surface area contributed by atoms with Gasteiger partial charge in [0.05, 0.1) is 23.3 Å². The Morgan fingerprint density at radius 1 is 1.27 bits per heavy atom. The van der Waals surface area contributed by atoms with E-state index in [0.717, 1.165) is 11.3 Å². The van der Waals surface area contributed by atoms with Crippen LogP contribution in [0.1, 0.15) is 15.9 Å². The molecule has 0 saturated carbocycles. The second kappa shape index (κ2) is 6.97. The van der Waals surface area contributed by atoms with Crippen LogP contribution in [0.4, 0.5) is 11.4 Å². The molecule has 26 heavy (non-hydrogen) atoms. The highest BCUT2D eigenvalue weighted by Gasteiger charge is 2.18. The van der Waals surface area contributed by atoms with Crippen LogP contribution in [0.15, 0.2) is 42.7 Å². The number of ether oxygens (including phenoxy) is 1. The van der Waals surface area contributed by atoms with E-state index in [1.165, 1.54) is 36.3 Å². The van der Waals surface area contributed by atoms with E-state index < -0.39 is 10.8 Å². The van der Waals surface area contributed by atoms with E-state index in [1.807, 2.05) is 6.92 Å². The number of benzene rings is 2. The van der Waals surface area contributed by atoms with Crippen molar-refractivity contribution >= 4 is 17.3 Å². The molecular formula is C16H14N6O4. The number of tetrazole rings is 1. The molecule has 0 saturated heterocycles. The molecule has 10 heteroatoms. The van der Waals surface area contributed by atoms with Gasteiger partial charge in [-0.3, -0.25) is 14.9 Å². The van der Waals surface area contributed by atoms with Crippen molar-refractivity contribution in [2.24, 2.45) is 0 Å². The Kier molecular flexibility index (Phi) is 4.56. The maximum atomic E-state index is 12.5. The van der Waals surface area contributed by atoms with Gasteiger partial charge in [-0.25, -0.2) is 4.68 Å². The number of aromatic nitrogens is 4. The third-order valence-electron chi connectivity index (χ3n) is 3.69. The number of amides is 1. The number of nitrogens with zero attached hydrogens (tertiary/aromatic N) is 5. The SMILES string of the molecule is COc1ccc([N+](=O)[O-])cc1C(=O)Nc1ccc(-n2cnnn2)c(C)c1. The second-order valence-electron chi connectivity index (χ2n) is 5.35. The molecule has 2 aromatic carbocycles. The van der Waals surface area contributed by atoms with Crippen LogP contribution < -0.4 is 10.1 Å². The fourth-order valence-electron chi connectivity index (χ4n) is 2.45. The molecular weight excluding hydrogens is 340 g/mol. The minimum absolute atomic E-state index is 0.0731. The van der Waals surface area contributed by atoms with Gasteiger partial charge in [-0.15, -0.1) is 5.10 Å². The lowest BCUT2D eigenvalue weighted by Crippen LogP contribution is -2.14. The van der Waals surface area contributed by atoms with E-state index in [4.69, 9.17) is 4.74 Å². The predicted octanol–water partition coefficient (Wildman–Crippen LogP) is 2.14. The van der Waals surface area contributed by atoms with E-state index in [9.17, 15) is 14.9 Å². The number of nitro benzene ring substituents is 1. The molecule has 0 aliphatic carbocycles. The van der Waals surface area contributed by atoms with Crippen molar-refractivity contribution in [3.63, 3.8) is 0 Å². The van der Waals surface area contributed by atoms with E-state index >= 15 is 0 Å². The molecule has 10 nitrogen and oxygen atoms in total. The quantitative estimate of drug-likeness (QED) is 0.549. The zero-order valence-corrected chi connectivity index (χ0v) is 13.9. The molecule has 3 aromatic rings. The number of hydrogen-bond donors (Lipinski definition) is 1. The zero-order chi connectivity index (χ0) is 18.7. The smallest absolute Gasteiger partial charge is 0.270 e. The first kappa shape index (κ1) is 17.0. The molecule has 0 aliphatic rings. The average Bonchev–Trinajstić information content (AvgIpc) is 3.15. The van der Waals surface area contributed by atoms with Gasteiger partial charge in [-0.05, 0) is 47.2 Å². The normalized spacial score (nSPS) is 10.4. The van der Waals surface area contributed by atoms with Crippen LogP contribution in [0, 0.1) is 17.0 Å². The highest BCUT2D eigenvalue weighted by molar-refractivity contribution is 6.06. The van der Waals surface area contributed by atoms with Crippen molar-refractivity contribution in [3.8, 4) is 11.4 Å². The van der Waals surface area contributed by atoms with E-state index in [0.29, 0.717) is 5.69 Å². The van der Waals surface area contributed by atoms with Gasteiger partial charge >= 0.3 is 0 Å². The number of nitrogens with one attached hydrogen (secondary N) is 1. The van der Waals surface area contributed by atoms with Gasteiger partial charge in [0.2, 0.25) is 0 Å². The van der Waals surface area contributed by atoms with Gasteiger partial charge in [0.25, 0.3) is 11.6 Å². The second-order valence-corrected chi connectivity index (χ2v) is 5.35. The first-order valence-electron chi connectivity index (χ1n) is 7.47.